The first-order valence-corrected chi connectivity index (χ1v) is 17.0. The number of sulfonamides is 1. The van der Waals surface area contributed by atoms with Crippen molar-refractivity contribution in [3.8, 4) is 16.9 Å². The third-order valence-electron chi connectivity index (χ3n) is 7.68. The quantitative estimate of drug-likeness (QED) is 0.154. The number of ether oxygens (including phenoxy) is 2. The van der Waals surface area contributed by atoms with Gasteiger partial charge in [0.1, 0.15) is 22.7 Å². The van der Waals surface area contributed by atoms with Crippen LogP contribution in [0.15, 0.2) is 47.5 Å². The number of hydrogen-bond donors (Lipinski definition) is 3. The Balaban J connectivity index is 1.37. The van der Waals surface area contributed by atoms with Gasteiger partial charge in [0.2, 0.25) is 5.95 Å². The first-order valence-electron chi connectivity index (χ1n) is 15.1. The number of aliphatic hydroxyl groups is 1. The van der Waals surface area contributed by atoms with E-state index >= 15 is 8.78 Å². The van der Waals surface area contributed by atoms with Gasteiger partial charge >= 0.3 is 6.09 Å². The molecule has 1 aliphatic rings. The van der Waals surface area contributed by atoms with Gasteiger partial charge in [0.05, 0.1) is 29.4 Å². The zero-order chi connectivity index (χ0) is 35.0. The molecule has 0 unspecified atom stereocenters. The summed E-state index contributed by atoms with van der Waals surface area (Å²) in [6, 6.07) is 7.58. The molecule has 48 heavy (non-hydrogen) atoms. The van der Waals surface area contributed by atoms with Crippen LogP contribution in [0.2, 0.25) is 5.02 Å². The normalized spacial score (nSPS) is 14.5. The number of amides is 1. The lowest BCUT2D eigenvalue weighted by Gasteiger charge is -2.24. The number of aromatic nitrogens is 2. The molecular formula is C33H36ClF2N5O6S. The molecule has 0 fully saturated rings. The predicted molar refractivity (Wildman–Crippen MR) is 179 cm³/mol. The summed E-state index contributed by atoms with van der Waals surface area (Å²) >= 11 is 6.15. The molecule has 0 bridgehead atoms. The molecule has 1 amide bonds. The van der Waals surface area contributed by atoms with Gasteiger partial charge in [0, 0.05) is 36.7 Å². The first kappa shape index (κ1) is 35.0. The van der Waals surface area contributed by atoms with Gasteiger partial charge in [-0.3, -0.25) is 4.72 Å². The van der Waals surface area contributed by atoms with Crippen molar-refractivity contribution in [3.63, 3.8) is 0 Å². The van der Waals surface area contributed by atoms with Crippen LogP contribution in [0.5, 0.6) is 5.75 Å². The van der Waals surface area contributed by atoms with Crippen molar-refractivity contribution in [3.05, 3.63) is 70.4 Å². The van der Waals surface area contributed by atoms with Crippen molar-refractivity contribution in [2.75, 3.05) is 37.3 Å². The predicted octanol–water partition coefficient (Wildman–Crippen LogP) is 6.69. The number of fused-ring (bicyclic) bond motifs is 2. The average molecular weight is 704 g/mol. The fraction of sp³-hybridized carbons (Fsp3) is 0.364. The second-order valence-electron chi connectivity index (χ2n) is 12.4. The minimum Gasteiger partial charge on any atom is -0.494 e. The lowest BCUT2D eigenvalue weighted by molar-refractivity contribution is 0.0298. The highest BCUT2D eigenvalue weighted by molar-refractivity contribution is 7.92. The summed E-state index contributed by atoms with van der Waals surface area (Å²) in [5.74, 6) is -1.59. The molecule has 1 atom stereocenters. The fourth-order valence-corrected chi connectivity index (χ4v) is 7.09. The molecule has 11 nitrogen and oxygen atoms in total. The molecule has 1 heterocycles. The average Bonchev–Trinajstić information content (AvgIpc) is 3.38. The molecule has 0 spiro atoms. The Kier molecular flexibility index (Phi) is 9.99. The molecule has 0 radical (unpaired) electrons. The van der Waals surface area contributed by atoms with E-state index in [2.05, 4.69) is 20.0 Å². The number of nitrogens with one attached hydrogen (secondary N) is 2. The third kappa shape index (κ3) is 7.55. The molecule has 1 aromatic heterocycles. The van der Waals surface area contributed by atoms with E-state index in [9.17, 15) is 18.3 Å². The highest BCUT2D eigenvalue weighted by Crippen LogP contribution is 2.40. The SMILES string of the molecule is COc1cc(-c2c(F)ccc(NS(=O)(=O)c3cc(Cl)cc4c3CC[C@H]4O)c2F)cc2cnc(NCCCN(C)C(=O)OC(C)(C)C)nc12. The molecule has 0 saturated heterocycles. The number of nitrogens with zero attached hydrogens (tertiary/aromatic N) is 3. The molecule has 4 aromatic rings. The summed E-state index contributed by atoms with van der Waals surface area (Å²) in [7, 11) is -1.35. The second-order valence-corrected chi connectivity index (χ2v) is 14.5. The largest absolute Gasteiger partial charge is 0.494 e. The Labute approximate surface area is 282 Å². The van der Waals surface area contributed by atoms with Gasteiger partial charge < -0.3 is 24.8 Å². The third-order valence-corrected chi connectivity index (χ3v) is 9.33. The van der Waals surface area contributed by atoms with Crippen LogP contribution in [0.4, 0.5) is 25.2 Å². The van der Waals surface area contributed by atoms with E-state index in [1.165, 1.54) is 42.5 Å². The molecule has 15 heteroatoms. The van der Waals surface area contributed by atoms with Crippen LogP contribution in [-0.2, 0) is 21.2 Å². The minimum atomic E-state index is -4.38. The zero-order valence-corrected chi connectivity index (χ0v) is 28.6. The zero-order valence-electron chi connectivity index (χ0n) is 27.0. The Morgan fingerprint density at radius 1 is 1.19 bits per heavy atom. The number of rotatable bonds is 10. The van der Waals surface area contributed by atoms with Crippen molar-refractivity contribution in [1.82, 2.24) is 14.9 Å². The first-order chi connectivity index (χ1) is 22.6. The van der Waals surface area contributed by atoms with E-state index < -0.39 is 50.7 Å². The number of halogens is 3. The standard InChI is InChI=1S/C33H36ClF2N5O6S/c1-33(2,3)47-32(43)41(4)12-6-11-37-31-38-17-19-13-18(14-26(46-5)30(19)39-31)28-23(35)8-9-24(29(28)36)40-48(44,45)27-16-20(34)15-22-21(27)7-10-25(22)42/h8-9,13-17,25,40,42H,6-7,10-12H2,1-5H3,(H,37,38,39)/t25-/m1/s1. The van der Waals surface area contributed by atoms with E-state index in [-0.39, 0.29) is 27.2 Å². The highest BCUT2D eigenvalue weighted by atomic mass is 35.5. The molecule has 3 N–H and O–H groups in total. The second kappa shape index (κ2) is 13.7. The lowest BCUT2D eigenvalue weighted by atomic mass is 10.0. The van der Waals surface area contributed by atoms with Gasteiger partial charge in [0.15, 0.2) is 5.82 Å². The van der Waals surface area contributed by atoms with E-state index in [1.807, 2.05) is 0 Å². The molecule has 1 aliphatic carbocycles. The van der Waals surface area contributed by atoms with Crippen LogP contribution < -0.4 is 14.8 Å². The Hall–Kier alpha value is -4.27. The lowest BCUT2D eigenvalue weighted by Crippen LogP contribution is -2.35. The van der Waals surface area contributed by atoms with E-state index in [0.29, 0.717) is 54.4 Å². The van der Waals surface area contributed by atoms with Gasteiger partial charge in [0.25, 0.3) is 10.0 Å². The van der Waals surface area contributed by atoms with Gasteiger partial charge in [-0.05, 0) is 93.1 Å². The number of carbonyl (C=O) groups excluding carboxylic acids is 1. The van der Waals surface area contributed by atoms with E-state index in [4.69, 9.17) is 21.1 Å². The van der Waals surface area contributed by atoms with Crippen LogP contribution in [0, 0.1) is 11.6 Å². The van der Waals surface area contributed by atoms with Crippen LogP contribution in [-0.4, -0.2) is 67.3 Å². The smallest absolute Gasteiger partial charge is 0.410 e. The number of methoxy groups -OCH3 is 1. The topological polar surface area (TPSA) is 143 Å². The van der Waals surface area contributed by atoms with Crippen molar-refractivity contribution in [2.24, 2.45) is 0 Å². The summed E-state index contributed by atoms with van der Waals surface area (Å²) in [6.07, 6.45) is 1.38. The Morgan fingerprint density at radius 3 is 2.65 bits per heavy atom. The summed E-state index contributed by atoms with van der Waals surface area (Å²) in [6.45, 7) is 6.26. The molecule has 256 valence electrons. The minimum absolute atomic E-state index is 0.0663. The van der Waals surface area contributed by atoms with Gasteiger partial charge in [-0.1, -0.05) is 11.6 Å². The number of benzene rings is 3. The van der Waals surface area contributed by atoms with Gasteiger partial charge in [-0.15, -0.1) is 0 Å². The maximum Gasteiger partial charge on any atom is 0.410 e. The van der Waals surface area contributed by atoms with Crippen molar-refractivity contribution >= 4 is 50.3 Å². The van der Waals surface area contributed by atoms with Crippen LogP contribution >= 0.6 is 11.6 Å². The summed E-state index contributed by atoms with van der Waals surface area (Å²) in [5.41, 5.74) is -0.329. The molecule has 0 aliphatic heterocycles. The maximum atomic E-state index is 16.0. The fourth-order valence-electron chi connectivity index (χ4n) is 5.41. The number of aliphatic hydroxyl groups excluding tert-OH is 1. The maximum absolute atomic E-state index is 16.0. The summed E-state index contributed by atoms with van der Waals surface area (Å²) < 4.78 is 71.2. The van der Waals surface area contributed by atoms with E-state index in [0.717, 1.165) is 12.1 Å². The van der Waals surface area contributed by atoms with Crippen LogP contribution in [0.25, 0.3) is 22.0 Å². The van der Waals surface area contributed by atoms with Crippen molar-refractivity contribution in [1.29, 1.82) is 0 Å². The number of carbonyl (C=O) groups is 1. The number of anilines is 2. The molecule has 5 rings (SSSR count). The molecular weight excluding hydrogens is 668 g/mol. The molecule has 0 saturated carbocycles. The summed E-state index contributed by atoms with van der Waals surface area (Å²) in [5, 5.41) is 13.9. The Bertz CT molecular complexity index is 1990. The monoisotopic (exact) mass is 703 g/mol. The van der Waals surface area contributed by atoms with Crippen molar-refractivity contribution < 1.29 is 36.6 Å². The van der Waals surface area contributed by atoms with Gasteiger partial charge in [-0.2, -0.15) is 0 Å². The van der Waals surface area contributed by atoms with Crippen LogP contribution in [0.3, 0.4) is 0 Å². The number of hydrogen-bond acceptors (Lipinski definition) is 9. The van der Waals surface area contributed by atoms with Crippen LogP contribution in [0.1, 0.15) is 50.8 Å². The molecule has 3 aromatic carbocycles. The Morgan fingerprint density at radius 2 is 1.94 bits per heavy atom. The van der Waals surface area contributed by atoms with Crippen molar-refractivity contribution in [2.45, 2.75) is 56.6 Å². The summed E-state index contributed by atoms with van der Waals surface area (Å²) in [4.78, 5) is 22.3. The van der Waals surface area contributed by atoms with Gasteiger partial charge in [-0.25, -0.2) is 32.0 Å². The van der Waals surface area contributed by atoms with E-state index in [1.54, 1.807) is 27.8 Å². The highest BCUT2D eigenvalue weighted by Gasteiger charge is 2.30.